The predicted octanol–water partition coefficient (Wildman–Crippen LogP) is 12.6. The van der Waals surface area contributed by atoms with Gasteiger partial charge in [-0.25, -0.2) is 9.59 Å². The number of carbonyl (C=O) groups excluding carboxylic acids is 2. The van der Waals surface area contributed by atoms with Crippen LogP contribution in [0.5, 0.6) is 0 Å². The van der Waals surface area contributed by atoms with Crippen LogP contribution in [0.3, 0.4) is 0 Å². The highest BCUT2D eigenvalue weighted by Gasteiger charge is 2.63. The van der Waals surface area contributed by atoms with Crippen molar-refractivity contribution in [3.05, 3.63) is 192 Å². The van der Waals surface area contributed by atoms with Gasteiger partial charge in [0.05, 0.1) is 50.9 Å². The molecule has 2 aliphatic carbocycles. The highest BCUT2D eigenvalue weighted by molar-refractivity contribution is 7.00. The fourth-order valence-corrected chi connectivity index (χ4v) is 23.5. The molecular formula is C70H92O10Si3. The molecule has 0 saturated carbocycles. The molecule has 0 radical (unpaired) electrons. The zero-order valence-corrected chi connectivity index (χ0v) is 55.5. The summed E-state index contributed by atoms with van der Waals surface area (Å²) in [7, 11) is -5.01. The van der Waals surface area contributed by atoms with Crippen molar-refractivity contribution in [3.63, 3.8) is 0 Å². The van der Waals surface area contributed by atoms with Crippen molar-refractivity contribution in [3.8, 4) is 0 Å². The van der Waals surface area contributed by atoms with Crippen LogP contribution in [0.15, 0.2) is 192 Å². The highest BCUT2D eigenvalue weighted by atomic mass is 28.4. The molecule has 0 aromatic heterocycles. The molecule has 0 fully saturated rings. The fourth-order valence-electron chi connectivity index (χ4n) is 13.5. The van der Waals surface area contributed by atoms with E-state index in [1.54, 1.807) is 20.3 Å². The third-order valence-corrected chi connectivity index (χ3v) is 33.5. The molecule has 1 N–H and O–H groups in total. The molecule has 1 unspecified atom stereocenters. The number of aliphatic hydroxyl groups is 1. The normalized spacial score (nSPS) is 25.9. The molecule has 0 amide bonds. The first-order valence-electron chi connectivity index (χ1n) is 29.5. The molecule has 4 aromatic rings. The van der Waals surface area contributed by atoms with E-state index in [9.17, 15) is 14.7 Å². The van der Waals surface area contributed by atoms with Crippen LogP contribution < -0.4 is 20.7 Å². The van der Waals surface area contributed by atoms with Crippen molar-refractivity contribution in [2.75, 3.05) is 34.0 Å². The molecule has 0 saturated heterocycles. The van der Waals surface area contributed by atoms with Crippen LogP contribution in [0.1, 0.15) is 103 Å². The van der Waals surface area contributed by atoms with Gasteiger partial charge in [0, 0.05) is 12.8 Å². The van der Waals surface area contributed by atoms with Crippen molar-refractivity contribution in [1.82, 2.24) is 0 Å². The van der Waals surface area contributed by atoms with E-state index in [-0.39, 0.29) is 38.3 Å². The quantitative estimate of drug-likeness (QED) is 0.0552. The smallest absolute Gasteiger partial charge is 0.341 e. The van der Waals surface area contributed by atoms with Crippen molar-refractivity contribution >= 4 is 57.6 Å². The van der Waals surface area contributed by atoms with Crippen LogP contribution in [0.2, 0.25) is 28.2 Å². The molecule has 2 spiro atoms. The van der Waals surface area contributed by atoms with Crippen molar-refractivity contribution in [2.45, 2.75) is 148 Å². The molecule has 8 rings (SSSR count). The number of rotatable bonds is 19. The first-order chi connectivity index (χ1) is 38.9. The van der Waals surface area contributed by atoms with Gasteiger partial charge in [-0.2, -0.15) is 0 Å². The Balaban J connectivity index is 1.21. The summed E-state index contributed by atoms with van der Waals surface area (Å²) in [6, 6.07) is 42.4. The summed E-state index contributed by atoms with van der Waals surface area (Å²) in [6.45, 7) is 34.1. The minimum atomic E-state index is -2.98. The zero-order valence-electron chi connectivity index (χ0n) is 52.5. The monoisotopic (exact) mass is 1180 g/mol. The van der Waals surface area contributed by atoms with E-state index in [0.717, 1.165) is 21.5 Å². The standard InChI is InChI=1S/C70H92O10Si3/c1-50-44-69(59(74-14)43-60(72)79-69)68(13,47-53(50)49-78-83(66(9,10)11,56-35-26-20-27-36-56)57-37-28-21-29-38-57)41-39-58(71)61-62(75-15)70(80-63(61)73)45-51(2)52(46-67(70,12)40-30-42-76-81(16,17)64(3,4)5)48-77-82(65(6,7)8,54-31-22-18-23-32-54)55-33-24-19-25-34-55/h18-41,43,46-47,50-51,58,71H,42,44-45,48-49H2,1-17H3/b40-30+,41-39+/t50-,51-,58?,67-,68-,69-,70+/m0/s1. The Hall–Kier alpha value is -5.65. The molecule has 4 aromatic carbocycles. The number of aliphatic hydroxyl groups excluding tert-OH is 1. The minimum absolute atomic E-state index is 0.000445. The van der Waals surface area contributed by atoms with E-state index < -0.39 is 65.0 Å². The first kappa shape index (κ1) is 63.4. The molecular weight excluding hydrogens is 1090 g/mol. The lowest BCUT2D eigenvalue weighted by atomic mass is 9.61. The lowest BCUT2D eigenvalue weighted by Gasteiger charge is -2.49. The lowest BCUT2D eigenvalue weighted by molar-refractivity contribution is -0.159. The summed E-state index contributed by atoms with van der Waals surface area (Å²) in [5, 5.41) is 16.9. The van der Waals surface area contributed by atoms with Crippen LogP contribution in [0.4, 0.5) is 0 Å². The Morgan fingerprint density at radius 1 is 0.590 bits per heavy atom. The number of methoxy groups -OCH3 is 2. The molecule has 4 aliphatic rings. The van der Waals surface area contributed by atoms with E-state index in [0.29, 0.717) is 38.4 Å². The minimum Gasteiger partial charge on any atom is -0.497 e. The molecule has 2 aliphatic heterocycles. The van der Waals surface area contributed by atoms with Gasteiger partial charge < -0.3 is 37.3 Å². The van der Waals surface area contributed by atoms with Gasteiger partial charge in [-0.15, -0.1) is 0 Å². The Morgan fingerprint density at radius 3 is 1.39 bits per heavy atom. The van der Waals surface area contributed by atoms with Gasteiger partial charge in [0.15, 0.2) is 25.3 Å². The highest BCUT2D eigenvalue weighted by Crippen LogP contribution is 2.58. The maximum Gasteiger partial charge on any atom is 0.341 e. The number of hydrogen-bond acceptors (Lipinski definition) is 10. The second kappa shape index (κ2) is 23.7. The van der Waals surface area contributed by atoms with Crippen LogP contribution in [0, 0.1) is 22.7 Å². The number of esters is 2. The maximum absolute atomic E-state index is 14.9. The number of benzene rings is 4. The number of ether oxygens (including phenoxy) is 4. The lowest BCUT2D eigenvalue weighted by Crippen LogP contribution is -2.66. The van der Waals surface area contributed by atoms with Crippen LogP contribution in [-0.2, 0) is 41.8 Å². The largest absolute Gasteiger partial charge is 0.497 e. The Bertz CT molecular complexity index is 3090. The second-order valence-corrected chi connectivity index (χ2v) is 40.9. The predicted molar refractivity (Wildman–Crippen MR) is 341 cm³/mol. The average molecular weight is 1180 g/mol. The van der Waals surface area contributed by atoms with E-state index in [1.807, 2.05) is 43.3 Å². The van der Waals surface area contributed by atoms with Crippen molar-refractivity contribution < 1.29 is 46.9 Å². The number of carbonyl (C=O) groups is 2. The van der Waals surface area contributed by atoms with E-state index in [1.165, 1.54) is 16.4 Å². The van der Waals surface area contributed by atoms with Gasteiger partial charge >= 0.3 is 11.9 Å². The average Bonchev–Trinajstić information content (AvgIpc) is 2.94. The molecule has 13 heteroatoms. The summed E-state index contributed by atoms with van der Waals surface area (Å²) < 4.78 is 47.5. The van der Waals surface area contributed by atoms with Crippen LogP contribution in [-0.4, -0.2) is 93.3 Å². The third kappa shape index (κ3) is 11.4. The SMILES string of the molecule is COC1=CC(=O)O[C@@]12C[C@H](C)C(CO[Si](c1ccccc1)(c1ccccc1)C(C)(C)C)=C[C@]2(C)/C=C/C(O)C1=C(OC)[C@@]2(C[C@H](C)C(CO[Si](c3ccccc3)(c3ccccc3)C(C)(C)C)=C[C@]2(C)/C=C/CO[Si](C)(C)C(C)(C)C)OC1=O. The molecule has 10 nitrogen and oxygen atoms in total. The van der Waals surface area contributed by atoms with Gasteiger partial charge in [0.1, 0.15) is 17.4 Å². The van der Waals surface area contributed by atoms with E-state index in [4.69, 9.17) is 32.2 Å². The van der Waals surface area contributed by atoms with Gasteiger partial charge in [0.2, 0.25) is 0 Å². The molecule has 444 valence electrons. The Kier molecular flexibility index (Phi) is 18.1. The molecule has 83 heavy (non-hydrogen) atoms. The topological polar surface area (TPSA) is 119 Å². The molecule has 0 bridgehead atoms. The summed E-state index contributed by atoms with van der Waals surface area (Å²) in [5.74, 6) is -0.831. The fraction of sp³-hybridized carbons (Fsp3) is 0.457. The zero-order chi connectivity index (χ0) is 60.7. The van der Waals surface area contributed by atoms with E-state index in [2.05, 4.69) is 211 Å². The Labute approximate surface area is 499 Å². The van der Waals surface area contributed by atoms with Crippen molar-refractivity contribution in [2.24, 2.45) is 22.7 Å². The summed E-state index contributed by atoms with van der Waals surface area (Å²) in [5.41, 5.74) is -2.70. The second-order valence-electron chi connectivity index (χ2n) is 27.5. The van der Waals surface area contributed by atoms with Crippen molar-refractivity contribution in [1.29, 1.82) is 0 Å². The third-order valence-electron chi connectivity index (χ3n) is 19.1. The summed E-state index contributed by atoms with van der Waals surface area (Å²) >= 11 is 0. The molecule has 2 heterocycles. The first-order valence-corrected chi connectivity index (χ1v) is 36.3. The van der Waals surface area contributed by atoms with E-state index >= 15 is 0 Å². The van der Waals surface area contributed by atoms with Crippen LogP contribution >= 0.6 is 0 Å². The van der Waals surface area contributed by atoms with Gasteiger partial charge in [-0.05, 0) is 85.8 Å². The Morgan fingerprint density at radius 2 is 1.00 bits per heavy atom. The maximum atomic E-state index is 14.9. The summed E-state index contributed by atoms with van der Waals surface area (Å²) in [4.78, 5) is 28.4. The van der Waals surface area contributed by atoms with Crippen LogP contribution in [0.25, 0.3) is 0 Å². The van der Waals surface area contributed by atoms with Gasteiger partial charge in [-0.1, -0.05) is 234 Å². The molecule has 7 atom stereocenters. The van der Waals surface area contributed by atoms with Gasteiger partial charge in [0.25, 0.3) is 16.6 Å². The number of hydrogen-bond donors (Lipinski definition) is 1. The summed E-state index contributed by atoms with van der Waals surface area (Å²) in [6.07, 6.45) is 12.5. The van der Waals surface area contributed by atoms with Gasteiger partial charge in [-0.3, -0.25) is 0 Å².